The number of alkyl halides is 3. The standard InChI is InChI=1S/C8H7ClF2N2O2/c9-1-3-5(8(14)15)4(12)2-13-6(3)7(10)11/h2,7H,1,12H2,(H,14,15). The zero-order valence-corrected chi connectivity index (χ0v) is 8.13. The fourth-order valence-electron chi connectivity index (χ4n) is 1.16. The Bertz CT molecular complexity index is 398. The van der Waals surface area contributed by atoms with Gasteiger partial charge >= 0.3 is 5.97 Å². The number of hydrogen-bond acceptors (Lipinski definition) is 3. The third kappa shape index (κ3) is 2.15. The maximum absolute atomic E-state index is 12.4. The molecule has 3 N–H and O–H groups in total. The van der Waals surface area contributed by atoms with Crippen LogP contribution >= 0.6 is 11.6 Å². The van der Waals surface area contributed by atoms with Crippen LogP contribution in [0.5, 0.6) is 0 Å². The van der Waals surface area contributed by atoms with E-state index in [1.807, 2.05) is 0 Å². The van der Waals surface area contributed by atoms with E-state index in [1.165, 1.54) is 0 Å². The average molecular weight is 237 g/mol. The molecule has 0 aliphatic rings. The number of nitrogen functional groups attached to an aromatic ring is 1. The number of carbonyl (C=O) groups is 1. The van der Waals surface area contributed by atoms with Gasteiger partial charge < -0.3 is 10.8 Å². The number of aromatic nitrogens is 1. The van der Waals surface area contributed by atoms with Gasteiger partial charge in [-0.1, -0.05) is 0 Å². The van der Waals surface area contributed by atoms with Crippen LogP contribution in [0.2, 0.25) is 0 Å². The molecule has 0 radical (unpaired) electrons. The smallest absolute Gasteiger partial charge is 0.338 e. The van der Waals surface area contributed by atoms with Crippen molar-refractivity contribution in [1.82, 2.24) is 4.98 Å². The molecule has 0 atom stereocenters. The van der Waals surface area contributed by atoms with E-state index in [9.17, 15) is 13.6 Å². The minimum absolute atomic E-state index is 0.178. The topological polar surface area (TPSA) is 76.2 Å². The third-order valence-corrected chi connectivity index (χ3v) is 2.06. The highest BCUT2D eigenvalue weighted by Gasteiger charge is 2.22. The van der Waals surface area contributed by atoms with Gasteiger partial charge in [0.25, 0.3) is 6.43 Å². The molecule has 0 aliphatic carbocycles. The number of hydrogen-bond donors (Lipinski definition) is 2. The molecule has 15 heavy (non-hydrogen) atoms. The largest absolute Gasteiger partial charge is 0.478 e. The van der Waals surface area contributed by atoms with Gasteiger partial charge in [-0.3, -0.25) is 4.98 Å². The number of anilines is 1. The van der Waals surface area contributed by atoms with E-state index in [4.69, 9.17) is 22.4 Å². The summed E-state index contributed by atoms with van der Waals surface area (Å²) < 4.78 is 24.9. The summed E-state index contributed by atoms with van der Waals surface area (Å²) >= 11 is 5.41. The third-order valence-electron chi connectivity index (χ3n) is 1.80. The normalized spacial score (nSPS) is 10.7. The molecule has 0 aromatic carbocycles. The highest BCUT2D eigenvalue weighted by Crippen LogP contribution is 2.27. The second-order valence-electron chi connectivity index (χ2n) is 2.69. The molecule has 7 heteroatoms. The van der Waals surface area contributed by atoms with Crippen LogP contribution in [-0.2, 0) is 5.88 Å². The molecule has 82 valence electrons. The zero-order chi connectivity index (χ0) is 11.6. The van der Waals surface area contributed by atoms with Gasteiger partial charge in [0.1, 0.15) is 5.69 Å². The Hall–Kier alpha value is -1.43. The summed E-state index contributed by atoms with van der Waals surface area (Å²) in [6.07, 6.45) is -1.99. The van der Waals surface area contributed by atoms with E-state index in [1.54, 1.807) is 0 Å². The quantitative estimate of drug-likeness (QED) is 0.788. The van der Waals surface area contributed by atoms with Gasteiger partial charge in [-0.25, -0.2) is 13.6 Å². The van der Waals surface area contributed by atoms with Crippen LogP contribution in [0, 0.1) is 0 Å². The first-order valence-corrected chi connectivity index (χ1v) is 4.37. The van der Waals surface area contributed by atoms with Gasteiger partial charge in [0.15, 0.2) is 0 Å². The number of carboxylic acids is 1. The lowest BCUT2D eigenvalue weighted by molar-refractivity contribution is 0.0696. The van der Waals surface area contributed by atoms with Gasteiger partial charge in [-0.05, 0) is 0 Å². The highest BCUT2D eigenvalue weighted by molar-refractivity contribution is 6.18. The van der Waals surface area contributed by atoms with E-state index >= 15 is 0 Å². The number of rotatable bonds is 3. The van der Waals surface area contributed by atoms with Crippen LogP contribution in [0.4, 0.5) is 14.5 Å². The Morgan fingerprint density at radius 3 is 2.67 bits per heavy atom. The number of nitrogens with two attached hydrogens (primary N) is 1. The molecule has 1 aromatic rings. The molecule has 0 saturated carbocycles. The summed E-state index contributed by atoms with van der Waals surface area (Å²) in [7, 11) is 0. The van der Waals surface area contributed by atoms with Crippen LogP contribution in [0.15, 0.2) is 6.20 Å². The summed E-state index contributed by atoms with van der Waals surface area (Å²) in [5, 5.41) is 8.77. The first-order valence-electron chi connectivity index (χ1n) is 3.83. The van der Waals surface area contributed by atoms with Crippen molar-refractivity contribution in [2.75, 3.05) is 5.73 Å². The Kier molecular flexibility index (Phi) is 3.41. The zero-order valence-electron chi connectivity index (χ0n) is 7.38. The predicted octanol–water partition coefficient (Wildman–Crippen LogP) is 2.04. The summed E-state index contributed by atoms with van der Waals surface area (Å²) in [5.74, 6) is -1.77. The first-order chi connectivity index (χ1) is 6.99. The van der Waals surface area contributed by atoms with Crippen LogP contribution < -0.4 is 5.73 Å². The molecule has 0 spiro atoms. The lowest BCUT2D eigenvalue weighted by Gasteiger charge is -2.10. The molecular weight excluding hydrogens is 230 g/mol. The van der Waals surface area contributed by atoms with E-state index < -0.39 is 23.7 Å². The lowest BCUT2D eigenvalue weighted by Crippen LogP contribution is -2.11. The Morgan fingerprint density at radius 1 is 1.67 bits per heavy atom. The Morgan fingerprint density at radius 2 is 2.27 bits per heavy atom. The molecule has 1 heterocycles. The number of pyridine rings is 1. The average Bonchev–Trinajstić information content (AvgIpc) is 2.15. The Labute approximate surface area is 88.7 Å². The van der Waals surface area contributed by atoms with E-state index in [2.05, 4.69) is 4.98 Å². The second-order valence-corrected chi connectivity index (χ2v) is 2.96. The van der Waals surface area contributed by atoms with E-state index in [-0.39, 0.29) is 17.1 Å². The summed E-state index contributed by atoms with van der Waals surface area (Å²) in [6.45, 7) is 0. The number of carboxylic acid groups (broad SMARTS) is 1. The Balaban J connectivity index is 3.47. The maximum atomic E-state index is 12.4. The minimum atomic E-state index is -2.88. The van der Waals surface area contributed by atoms with Crippen LogP contribution in [-0.4, -0.2) is 16.1 Å². The maximum Gasteiger partial charge on any atom is 0.338 e. The van der Waals surface area contributed by atoms with Crippen molar-refractivity contribution >= 4 is 23.3 Å². The van der Waals surface area contributed by atoms with Crippen LogP contribution in [0.3, 0.4) is 0 Å². The molecular formula is C8H7ClF2N2O2. The van der Waals surface area contributed by atoms with Crippen molar-refractivity contribution in [2.45, 2.75) is 12.3 Å². The SMILES string of the molecule is Nc1cnc(C(F)F)c(CCl)c1C(=O)O. The van der Waals surface area contributed by atoms with Crippen molar-refractivity contribution in [2.24, 2.45) is 0 Å². The van der Waals surface area contributed by atoms with Crippen LogP contribution in [0.1, 0.15) is 28.0 Å². The van der Waals surface area contributed by atoms with Crippen molar-refractivity contribution in [3.63, 3.8) is 0 Å². The van der Waals surface area contributed by atoms with Crippen molar-refractivity contribution < 1.29 is 18.7 Å². The van der Waals surface area contributed by atoms with Crippen molar-refractivity contribution in [1.29, 1.82) is 0 Å². The van der Waals surface area contributed by atoms with Gasteiger partial charge in [-0.15, -0.1) is 11.6 Å². The van der Waals surface area contributed by atoms with E-state index in [0.717, 1.165) is 6.20 Å². The molecule has 0 fully saturated rings. The fraction of sp³-hybridized carbons (Fsp3) is 0.250. The summed E-state index contributed by atoms with van der Waals surface area (Å²) in [5.41, 5.74) is 3.86. The van der Waals surface area contributed by atoms with E-state index in [0.29, 0.717) is 0 Å². The number of halogens is 3. The summed E-state index contributed by atoms with van der Waals surface area (Å²) in [4.78, 5) is 14.1. The number of nitrogens with zero attached hydrogens (tertiary/aromatic N) is 1. The molecule has 0 unspecified atom stereocenters. The predicted molar refractivity (Wildman–Crippen MR) is 50.1 cm³/mol. The van der Waals surface area contributed by atoms with Gasteiger partial charge in [0.2, 0.25) is 0 Å². The molecule has 0 bridgehead atoms. The van der Waals surface area contributed by atoms with Gasteiger partial charge in [0.05, 0.1) is 23.3 Å². The van der Waals surface area contributed by atoms with Gasteiger partial charge in [0, 0.05) is 5.56 Å². The van der Waals surface area contributed by atoms with Crippen molar-refractivity contribution in [3.05, 3.63) is 23.0 Å². The molecule has 1 rings (SSSR count). The second kappa shape index (κ2) is 4.39. The minimum Gasteiger partial charge on any atom is -0.478 e. The molecule has 1 aromatic heterocycles. The molecule has 4 nitrogen and oxygen atoms in total. The molecule has 0 aliphatic heterocycles. The van der Waals surface area contributed by atoms with Crippen LogP contribution in [0.25, 0.3) is 0 Å². The monoisotopic (exact) mass is 236 g/mol. The number of aromatic carboxylic acids is 1. The molecule has 0 amide bonds. The van der Waals surface area contributed by atoms with Gasteiger partial charge in [-0.2, -0.15) is 0 Å². The molecule has 0 saturated heterocycles. The fourth-order valence-corrected chi connectivity index (χ4v) is 1.43. The first kappa shape index (κ1) is 11.6. The summed E-state index contributed by atoms with van der Waals surface area (Å²) in [6, 6.07) is 0. The lowest BCUT2D eigenvalue weighted by atomic mass is 10.1. The highest BCUT2D eigenvalue weighted by atomic mass is 35.5. The van der Waals surface area contributed by atoms with Crippen molar-refractivity contribution in [3.8, 4) is 0 Å².